The van der Waals surface area contributed by atoms with Crippen LogP contribution in [0.25, 0.3) is 11.2 Å². The maximum Gasteiger partial charge on any atom is 0.240 e. The zero-order valence-electron chi connectivity index (χ0n) is 12.6. The van der Waals surface area contributed by atoms with Crippen LogP contribution in [0.2, 0.25) is 0 Å². The molecule has 24 heavy (non-hydrogen) atoms. The number of carbonyl (C=O) groups excluding carboxylic acids is 1. The molecule has 0 unspecified atom stereocenters. The van der Waals surface area contributed by atoms with Crippen molar-refractivity contribution in [1.29, 1.82) is 0 Å². The van der Waals surface area contributed by atoms with Crippen LogP contribution in [0.3, 0.4) is 0 Å². The summed E-state index contributed by atoms with van der Waals surface area (Å²) in [5, 5.41) is 11.9. The fourth-order valence-electron chi connectivity index (χ4n) is 1.94. The first-order valence-electron chi connectivity index (χ1n) is 7.02. The molecule has 3 aromatic rings. The minimum Gasteiger partial charge on any atom is -0.505 e. The van der Waals surface area contributed by atoms with Crippen molar-refractivity contribution in [3.05, 3.63) is 18.7 Å². The number of nitrogens with two attached hydrogens (primary N) is 1. The van der Waals surface area contributed by atoms with Crippen LogP contribution in [0, 0.1) is 0 Å². The number of aromatic hydroxyl groups is 1. The molecule has 0 saturated carbocycles. The number of anilines is 2. The average Bonchev–Trinajstić information content (AvgIpc) is 3.02. The fraction of sp³-hybridized carbons (Fsp3) is 0.231. The van der Waals surface area contributed by atoms with Gasteiger partial charge in [0.25, 0.3) is 0 Å². The van der Waals surface area contributed by atoms with Crippen LogP contribution in [0.1, 0.15) is 13.3 Å². The Morgan fingerprint density at radius 1 is 1.38 bits per heavy atom. The summed E-state index contributed by atoms with van der Waals surface area (Å²) in [7, 11) is 0. The van der Waals surface area contributed by atoms with E-state index in [0.717, 1.165) is 0 Å². The van der Waals surface area contributed by atoms with E-state index in [1.807, 2.05) is 6.92 Å². The number of nitrogens with zero attached hydrogens (tertiary/aromatic N) is 5. The van der Waals surface area contributed by atoms with Crippen LogP contribution < -0.4 is 11.1 Å². The second-order valence-corrected chi connectivity index (χ2v) is 5.95. The van der Waals surface area contributed by atoms with Crippen molar-refractivity contribution in [2.75, 3.05) is 11.1 Å². The Balaban J connectivity index is 1.79. The summed E-state index contributed by atoms with van der Waals surface area (Å²) >= 11 is 1.25. The molecule has 0 aromatic carbocycles. The van der Waals surface area contributed by atoms with Gasteiger partial charge in [-0.2, -0.15) is 4.98 Å². The molecule has 3 aromatic heterocycles. The van der Waals surface area contributed by atoms with E-state index in [9.17, 15) is 4.79 Å². The molecule has 0 aliphatic heterocycles. The maximum absolute atomic E-state index is 12.4. The largest absolute Gasteiger partial charge is 0.505 e. The minimum absolute atomic E-state index is 0.0764. The van der Waals surface area contributed by atoms with Crippen molar-refractivity contribution in [3.63, 3.8) is 0 Å². The summed E-state index contributed by atoms with van der Waals surface area (Å²) in [5.74, 6) is -0.148. The molecule has 0 radical (unpaired) electrons. The SMILES string of the molecule is CC[C@H](Sc1nc(N)nc2nc[nH]c12)C(=O)Nc1ncc(O)cn1. The molecule has 0 aliphatic carbocycles. The lowest BCUT2D eigenvalue weighted by Crippen LogP contribution is -2.25. The summed E-state index contributed by atoms with van der Waals surface area (Å²) < 4.78 is 0. The van der Waals surface area contributed by atoms with E-state index < -0.39 is 5.25 Å². The third-order valence-corrected chi connectivity index (χ3v) is 4.41. The summed E-state index contributed by atoms with van der Waals surface area (Å²) in [6, 6.07) is 0. The highest BCUT2D eigenvalue weighted by Crippen LogP contribution is 2.29. The molecule has 0 bridgehead atoms. The minimum atomic E-state index is -0.441. The summed E-state index contributed by atoms with van der Waals surface area (Å²) in [6.45, 7) is 1.88. The van der Waals surface area contributed by atoms with Gasteiger partial charge in [-0.05, 0) is 6.42 Å². The third-order valence-electron chi connectivity index (χ3n) is 3.06. The lowest BCUT2D eigenvalue weighted by Gasteiger charge is -2.13. The molecule has 0 spiro atoms. The number of fused-ring (bicyclic) bond motifs is 1. The van der Waals surface area contributed by atoms with Crippen LogP contribution >= 0.6 is 11.8 Å². The van der Waals surface area contributed by atoms with Crippen LogP contribution in [0.4, 0.5) is 11.9 Å². The lowest BCUT2D eigenvalue weighted by molar-refractivity contribution is -0.115. The normalized spacial score (nSPS) is 12.2. The van der Waals surface area contributed by atoms with Gasteiger partial charge in [-0.1, -0.05) is 18.7 Å². The smallest absolute Gasteiger partial charge is 0.240 e. The van der Waals surface area contributed by atoms with Gasteiger partial charge in [0.2, 0.25) is 17.8 Å². The first-order valence-corrected chi connectivity index (χ1v) is 7.90. The van der Waals surface area contributed by atoms with Gasteiger partial charge in [0.05, 0.1) is 24.0 Å². The fourth-order valence-corrected chi connectivity index (χ4v) is 2.96. The number of rotatable bonds is 5. The Morgan fingerprint density at radius 2 is 2.12 bits per heavy atom. The second kappa shape index (κ2) is 6.66. The highest BCUT2D eigenvalue weighted by atomic mass is 32.2. The number of nitrogens with one attached hydrogen (secondary N) is 2. The maximum atomic E-state index is 12.4. The second-order valence-electron chi connectivity index (χ2n) is 4.76. The Hall–Kier alpha value is -2.95. The first kappa shape index (κ1) is 15.9. The van der Waals surface area contributed by atoms with Crippen molar-refractivity contribution in [3.8, 4) is 5.75 Å². The predicted molar refractivity (Wildman–Crippen MR) is 88.4 cm³/mol. The van der Waals surface area contributed by atoms with Crippen LogP contribution in [-0.4, -0.2) is 46.2 Å². The highest BCUT2D eigenvalue weighted by Gasteiger charge is 2.22. The number of nitrogen functional groups attached to an aromatic ring is 1. The number of H-pyrrole nitrogens is 1. The monoisotopic (exact) mass is 346 g/mol. The van der Waals surface area contributed by atoms with E-state index in [4.69, 9.17) is 10.8 Å². The average molecular weight is 346 g/mol. The number of imidazole rings is 1. The third kappa shape index (κ3) is 3.35. The van der Waals surface area contributed by atoms with Crippen molar-refractivity contribution in [2.45, 2.75) is 23.6 Å². The Morgan fingerprint density at radius 3 is 2.83 bits per heavy atom. The molecule has 0 fully saturated rings. The Kier molecular flexibility index (Phi) is 4.42. The molecule has 124 valence electrons. The number of carbonyl (C=O) groups is 1. The molecule has 5 N–H and O–H groups in total. The van der Waals surface area contributed by atoms with Crippen molar-refractivity contribution >= 4 is 40.7 Å². The van der Waals surface area contributed by atoms with E-state index >= 15 is 0 Å². The number of hydrogen-bond acceptors (Lipinski definition) is 9. The zero-order valence-corrected chi connectivity index (χ0v) is 13.4. The lowest BCUT2D eigenvalue weighted by atomic mass is 10.3. The van der Waals surface area contributed by atoms with Crippen molar-refractivity contribution in [2.24, 2.45) is 0 Å². The van der Waals surface area contributed by atoms with E-state index in [0.29, 0.717) is 22.6 Å². The molecular formula is C13H14N8O2S. The molecule has 0 aliphatic rings. The molecule has 10 nitrogen and oxygen atoms in total. The number of aromatic amines is 1. The quantitative estimate of drug-likeness (QED) is 0.390. The van der Waals surface area contributed by atoms with E-state index in [1.165, 1.54) is 30.5 Å². The first-order chi connectivity index (χ1) is 11.6. The molecular weight excluding hydrogens is 332 g/mol. The van der Waals surface area contributed by atoms with Gasteiger partial charge in [0, 0.05) is 0 Å². The Labute approximate surface area is 140 Å². The number of thioether (sulfide) groups is 1. The molecule has 3 rings (SSSR count). The van der Waals surface area contributed by atoms with E-state index in [-0.39, 0.29) is 23.6 Å². The van der Waals surface area contributed by atoms with Crippen molar-refractivity contribution in [1.82, 2.24) is 29.9 Å². The predicted octanol–water partition coefficient (Wildman–Crippen LogP) is 0.940. The Bertz CT molecular complexity index is 866. The topological polar surface area (TPSA) is 156 Å². The summed E-state index contributed by atoms with van der Waals surface area (Å²) in [5.41, 5.74) is 6.75. The van der Waals surface area contributed by atoms with Crippen LogP contribution in [0.15, 0.2) is 23.7 Å². The van der Waals surface area contributed by atoms with Gasteiger partial charge < -0.3 is 15.8 Å². The van der Waals surface area contributed by atoms with Crippen molar-refractivity contribution < 1.29 is 9.90 Å². The number of amides is 1. The number of aromatic nitrogens is 6. The highest BCUT2D eigenvalue weighted by molar-refractivity contribution is 8.00. The van der Waals surface area contributed by atoms with E-state index in [1.54, 1.807) is 0 Å². The van der Waals surface area contributed by atoms with Gasteiger partial charge in [0.1, 0.15) is 10.5 Å². The molecule has 1 atom stereocenters. The van der Waals surface area contributed by atoms with Gasteiger partial charge >= 0.3 is 0 Å². The van der Waals surface area contributed by atoms with Gasteiger partial charge in [0.15, 0.2) is 11.4 Å². The van der Waals surface area contributed by atoms with Gasteiger partial charge in [-0.15, -0.1) is 0 Å². The van der Waals surface area contributed by atoms with Gasteiger partial charge in [-0.25, -0.2) is 19.9 Å². The van der Waals surface area contributed by atoms with Crippen LogP contribution in [-0.2, 0) is 4.79 Å². The standard InChI is InChI=1S/C13H14N8O2S/c1-2-7(10(23)20-13-15-3-6(22)4-16-13)24-11-8-9(18-5-17-8)19-12(14)21-11/h3-5,7,22H,2H2,1H3,(H,15,16,20,23)(H3,14,17,18,19,21)/t7-/m0/s1. The van der Waals surface area contributed by atoms with E-state index in [2.05, 4.69) is 35.2 Å². The van der Waals surface area contributed by atoms with Gasteiger partial charge in [-0.3, -0.25) is 10.1 Å². The van der Waals surface area contributed by atoms with Crippen LogP contribution in [0.5, 0.6) is 5.75 Å². The molecule has 1 amide bonds. The zero-order chi connectivity index (χ0) is 17.1. The number of hydrogen-bond donors (Lipinski definition) is 4. The molecule has 3 heterocycles. The summed E-state index contributed by atoms with van der Waals surface area (Å²) in [4.78, 5) is 35.3. The molecule has 11 heteroatoms. The molecule has 0 saturated heterocycles. The summed E-state index contributed by atoms with van der Waals surface area (Å²) in [6.07, 6.45) is 4.45.